The van der Waals surface area contributed by atoms with Crippen molar-refractivity contribution >= 4 is 23.2 Å². The van der Waals surface area contributed by atoms with Crippen LogP contribution in [0.3, 0.4) is 0 Å². The van der Waals surface area contributed by atoms with Crippen molar-refractivity contribution in [2.75, 3.05) is 10.6 Å². The van der Waals surface area contributed by atoms with Gasteiger partial charge < -0.3 is 10.6 Å². The monoisotopic (exact) mass is 442 g/mol. The molecule has 1 aromatic carbocycles. The van der Waals surface area contributed by atoms with Crippen LogP contribution in [0.2, 0.25) is 0 Å². The van der Waals surface area contributed by atoms with Crippen LogP contribution < -0.4 is 10.6 Å². The van der Waals surface area contributed by atoms with Crippen molar-refractivity contribution in [2.45, 2.75) is 19.5 Å². The summed E-state index contributed by atoms with van der Waals surface area (Å²) in [5, 5.41) is 11.6. The van der Waals surface area contributed by atoms with Crippen LogP contribution >= 0.6 is 0 Å². The van der Waals surface area contributed by atoms with Crippen LogP contribution in [0.15, 0.2) is 36.7 Å². The van der Waals surface area contributed by atoms with E-state index < -0.39 is 41.1 Å². The summed E-state index contributed by atoms with van der Waals surface area (Å²) in [6.45, 7) is 1.28. The third kappa shape index (κ3) is 4.70. The molecule has 0 saturated heterocycles. The quantitative estimate of drug-likeness (QED) is 0.589. The number of benzene rings is 1. The minimum absolute atomic E-state index is 0.00317. The summed E-state index contributed by atoms with van der Waals surface area (Å²) >= 11 is 0. The number of carbonyl (C=O) groups is 2. The number of anilines is 2. The Hall–Kier alpha value is -3.77. The molecule has 0 bridgehead atoms. The minimum atomic E-state index is -4.93. The summed E-state index contributed by atoms with van der Waals surface area (Å²) in [6.07, 6.45) is -6.28. The van der Waals surface area contributed by atoms with E-state index in [0.29, 0.717) is 10.4 Å². The first-order chi connectivity index (χ1) is 14.5. The molecule has 0 fully saturated rings. The lowest BCUT2D eigenvalue weighted by Crippen LogP contribution is -2.19. The number of amides is 2. The van der Waals surface area contributed by atoms with Gasteiger partial charge in [0.2, 0.25) is 5.91 Å². The summed E-state index contributed by atoms with van der Waals surface area (Å²) in [7, 11) is 1.30. The molecule has 13 heteroatoms. The van der Waals surface area contributed by atoms with Gasteiger partial charge in [-0.15, -0.1) is 0 Å². The van der Waals surface area contributed by atoms with Gasteiger partial charge in [0, 0.05) is 25.9 Å². The fourth-order valence-electron chi connectivity index (χ4n) is 2.83. The van der Waals surface area contributed by atoms with E-state index in [-0.39, 0.29) is 11.6 Å². The van der Waals surface area contributed by atoms with Crippen LogP contribution in [0.25, 0.3) is 5.69 Å². The second kappa shape index (κ2) is 8.16. The Kier molecular flexibility index (Phi) is 5.77. The maximum absolute atomic E-state index is 13.7. The maximum Gasteiger partial charge on any atom is 0.435 e. The zero-order valence-electron chi connectivity index (χ0n) is 16.0. The molecular formula is C18H15F5N6O2. The molecule has 0 atom stereocenters. The van der Waals surface area contributed by atoms with E-state index in [2.05, 4.69) is 15.5 Å². The zero-order chi connectivity index (χ0) is 22.9. The van der Waals surface area contributed by atoms with Crippen molar-refractivity contribution in [3.63, 3.8) is 0 Å². The SMILES string of the molecule is CC(=O)Nc1ccc(-n2ncc(NC(=O)c3cn(C)nc3C(F)F)c2C(F)(F)F)cc1. The van der Waals surface area contributed by atoms with Crippen LogP contribution in [-0.4, -0.2) is 31.4 Å². The van der Waals surface area contributed by atoms with Crippen molar-refractivity contribution < 1.29 is 31.5 Å². The van der Waals surface area contributed by atoms with E-state index in [4.69, 9.17) is 0 Å². The molecule has 0 spiro atoms. The Balaban J connectivity index is 1.97. The van der Waals surface area contributed by atoms with Crippen LogP contribution in [0.4, 0.5) is 33.3 Å². The van der Waals surface area contributed by atoms with Crippen LogP contribution in [0.5, 0.6) is 0 Å². The van der Waals surface area contributed by atoms with Gasteiger partial charge in [-0.3, -0.25) is 14.3 Å². The molecule has 0 aliphatic carbocycles. The number of aryl methyl sites for hydroxylation is 1. The highest BCUT2D eigenvalue weighted by molar-refractivity contribution is 6.05. The predicted octanol–water partition coefficient (Wildman–Crippen LogP) is 3.77. The van der Waals surface area contributed by atoms with E-state index >= 15 is 0 Å². The van der Waals surface area contributed by atoms with Gasteiger partial charge in [-0.25, -0.2) is 13.5 Å². The van der Waals surface area contributed by atoms with Gasteiger partial charge in [0.25, 0.3) is 12.3 Å². The molecule has 8 nitrogen and oxygen atoms in total. The number of aromatic nitrogens is 4. The number of rotatable bonds is 5. The van der Waals surface area contributed by atoms with E-state index in [1.165, 1.54) is 38.2 Å². The van der Waals surface area contributed by atoms with E-state index in [1.54, 1.807) is 0 Å². The molecule has 164 valence electrons. The minimum Gasteiger partial charge on any atom is -0.326 e. The van der Waals surface area contributed by atoms with Crippen molar-refractivity contribution in [1.82, 2.24) is 19.6 Å². The van der Waals surface area contributed by atoms with Crippen LogP contribution in [0, 0.1) is 0 Å². The van der Waals surface area contributed by atoms with Gasteiger partial charge in [0.1, 0.15) is 5.69 Å². The van der Waals surface area contributed by atoms with Crippen LogP contribution in [0.1, 0.15) is 35.1 Å². The zero-order valence-corrected chi connectivity index (χ0v) is 16.0. The molecule has 3 aromatic rings. The molecule has 0 saturated carbocycles. The lowest BCUT2D eigenvalue weighted by molar-refractivity contribution is -0.142. The van der Waals surface area contributed by atoms with E-state index in [1.807, 2.05) is 5.32 Å². The average molecular weight is 442 g/mol. The second-order valence-electron chi connectivity index (χ2n) is 6.40. The topological polar surface area (TPSA) is 93.8 Å². The summed E-state index contributed by atoms with van der Waals surface area (Å²) in [6, 6.07) is 5.33. The lowest BCUT2D eigenvalue weighted by Gasteiger charge is -2.13. The summed E-state index contributed by atoms with van der Waals surface area (Å²) < 4.78 is 68.9. The predicted molar refractivity (Wildman–Crippen MR) is 99.0 cm³/mol. The van der Waals surface area contributed by atoms with Gasteiger partial charge in [-0.2, -0.15) is 23.4 Å². The molecule has 0 aliphatic heterocycles. The Morgan fingerprint density at radius 1 is 1.10 bits per heavy atom. The van der Waals surface area contributed by atoms with Crippen LogP contribution in [-0.2, 0) is 18.0 Å². The van der Waals surface area contributed by atoms with E-state index in [0.717, 1.165) is 17.1 Å². The van der Waals surface area contributed by atoms with Crippen molar-refractivity contribution in [1.29, 1.82) is 0 Å². The first-order valence-electron chi connectivity index (χ1n) is 8.63. The van der Waals surface area contributed by atoms with Gasteiger partial charge in [0.15, 0.2) is 5.69 Å². The largest absolute Gasteiger partial charge is 0.435 e. The van der Waals surface area contributed by atoms with Crippen molar-refractivity contribution in [3.05, 3.63) is 53.6 Å². The number of alkyl halides is 5. The Labute approximate surface area is 171 Å². The van der Waals surface area contributed by atoms with Crippen molar-refractivity contribution in [3.8, 4) is 5.69 Å². The molecule has 0 aliphatic rings. The molecule has 2 N–H and O–H groups in total. The summed E-state index contributed by atoms with van der Waals surface area (Å²) in [4.78, 5) is 23.5. The molecular weight excluding hydrogens is 427 g/mol. The number of carbonyl (C=O) groups excluding carboxylic acids is 2. The highest BCUT2D eigenvalue weighted by Crippen LogP contribution is 2.37. The van der Waals surface area contributed by atoms with E-state index in [9.17, 15) is 31.5 Å². The molecule has 2 heterocycles. The van der Waals surface area contributed by atoms with Gasteiger partial charge in [-0.1, -0.05) is 0 Å². The first kappa shape index (κ1) is 21.9. The molecule has 31 heavy (non-hydrogen) atoms. The van der Waals surface area contributed by atoms with Gasteiger partial charge >= 0.3 is 6.18 Å². The number of hydrogen-bond donors (Lipinski definition) is 2. The smallest absolute Gasteiger partial charge is 0.326 e. The number of halogens is 5. The van der Waals surface area contributed by atoms with Gasteiger partial charge in [-0.05, 0) is 24.3 Å². The normalized spacial score (nSPS) is 11.6. The number of nitrogens with one attached hydrogen (secondary N) is 2. The maximum atomic E-state index is 13.7. The average Bonchev–Trinajstić information content (AvgIpc) is 3.25. The summed E-state index contributed by atoms with van der Waals surface area (Å²) in [5.74, 6) is -1.54. The number of hydrogen-bond acceptors (Lipinski definition) is 4. The Morgan fingerprint density at radius 2 is 1.74 bits per heavy atom. The molecule has 0 unspecified atom stereocenters. The molecule has 3 rings (SSSR count). The first-order valence-corrected chi connectivity index (χ1v) is 8.63. The highest BCUT2D eigenvalue weighted by Gasteiger charge is 2.39. The highest BCUT2D eigenvalue weighted by atomic mass is 19.4. The Morgan fingerprint density at radius 3 is 2.29 bits per heavy atom. The Bertz CT molecular complexity index is 1120. The number of nitrogens with zero attached hydrogens (tertiary/aromatic N) is 4. The second-order valence-corrected chi connectivity index (χ2v) is 6.40. The fraction of sp³-hybridized carbons (Fsp3) is 0.222. The van der Waals surface area contributed by atoms with Crippen molar-refractivity contribution in [2.24, 2.45) is 7.05 Å². The molecule has 0 radical (unpaired) electrons. The summed E-state index contributed by atoms with van der Waals surface area (Å²) in [5.41, 5.74) is -3.08. The molecule has 2 aromatic heterocycles. The molecule has 2 amide bonds. The lowest BCUT2D eigenvalue weighted by atomic mass is 10.2. The third-order valence-electron chi connectivity index (χ3n) is 4.03. The third-order valence-corrected chi connectivity index (χ3v) is 4.03. The van der Waals surface area contributed by atoms with Gasteiger partial charge in [0.05, 0.1) is 23.1 Å². The standard InChI is InChI=1S/C18H15F5N6O2/c1-9(30)25-10-3-5-11(6-4-10)29-15(18(21,22)23)13(7-24-29)26-17(31)12-8-28(2)27-14(12)16(19)20/h3-8,16H,1-2H3,(H,25,30)(H,26,31). The fourth-order valence-corrected chi connectivity index (χ4v) is 2.83.